The van der Waals surface area contributed by atoms with Crippen molar-refractivity contribution in [3.05, 3.63) is 60.4 Å². The number of ether oxygens (including phenoxy) is 1. The van der Waals surface area contributed by atoms with Crippen molar-refractivity contribution in [2.75, 3.05) is 0 Å². The van der Waals surface area contributed by atoms with Gasteiger partial charge < -0.3 is 9.84 Å². The van der Waals surface area contributed by atoms with E-state index < -0.39 is 6.10 Å². The highest BCUT2D eigenvalue weighted by atomic mass is 16.5. The zero-order chi connectivity index (χ0) is 13.9. The van der Waals surface area contributed by atoms with Crippen molar-refractivity contribution in [3.63, 3.8) is 0 Å². The lowest BCUT2D eigenvalue weighted by molar-refractivity contribution is 0.198. The standard InChI is InChI=1S/C16H14N2O2/c1-11(19)12-6-7-17-16(9-12)20-14-8-13-4-2-3-5-15(13)18-10-14/h2-11,19H,1H3. The van der Waals surface area contributed by atoms with Gasteiger partial charge in [0.15, 0.2) is 0 Å². The number of fused-ring (bicyclic) bond motifs is 1. The molecule has 2 heterocycles. The van der Waals surface area contributed by atoms with Crippen molar-refractivity contribution >= 4 is 10.9 Å². The molecule has 4 nitrogen and oxygen atoms in total. The van der Waals surface area contributed by atoms with E-state index in [0.717, 1.165) is 16.5 Å². The molecule has 0 radical (unpaired) electrons. The van der Waals surface area contributed by atoms with Crippen LogP contribution in [0.2, 0.25) is 0 Å². The summed E-state index contributed by atoms with van der Waals surface area (Å²) < 4.78 is 5.69. The first-order valence-corrected chi connectivity index (χ1v) is 6.39. The van der Waals surface area contributed by atoms with E-state index in [9.17, 15) is 5.11 Å². The van der Waals surface area contributed by atoms with Crippen LogP contribution >= 0.6 is 0 Å². The average molecular weight is 266 g/mol. The van der Waals surface area contributed by atoms with E-state index in [1.54, 1.807) is 31.5 Å². The van der Waals surface area contributed by atoms with Crippen molar-refractivity contribution < 1.29 is 9.84 Å². The third-order valence-corrected chi connectivity index (χ3v) is 3.03. The van der Waals surface area contributed by atoms with E-state index in [-0.39, 0.29) is 0 Å². The van der Waals surface area contributed by atoms with Crippen LogP contribution in [0.25, 0.3) is 10.9 Å². The Kier molecular flexibility index (Phi) is 3.31. The molecule has 0 saturated carbocycles. The Balaban J connectivity index is 1.90. The van der Waals surface area contributed by atoms with Gasteiger partial charge in [0.05, 0.1) is 17.8 Å². The third-order valence-electron chi connectivity index (χ3n) is 3.03. The highest BCUT2D eigenvalue weighted by Gasteiger charge is 2.05. The molecule has 2 aromatic heterocycles. The summed E-state index contributed by atoms with van der Waals surface area (Å²) in [5.74, 6) is 1.07. The van der Waals surface area contributed by atoms with Crippen LogP contribution in [0.4, 0.5) is 0 Å². The second kappa shape index (κ2) is 5.27. The summed E-state index contributed by atoms with van der Waals surface area (Å²) in [4.78, 5) is 8.47. The monoisotopic (exact) mass is 266 g/mol. The molecule has 0 aliphatic heterocycles. The first kappa shape index (κ1) is 12.6. The van der Waals surface area contributed by atoms with Crippen molar-refractivity contribution in [3.8, 4) is 11.6 Å². The van der Waals surface area contributed by atoms with Gasteiger partial charge in [0.2, 0.25) is 5.88 Å². The third kappa shape index (κ3) is 2.60. The molecule has 20 heavy (non-hydrogen) atoms. The second-order valence-electron chi connectivity index (χ2n) is 4.57. The van der Waals surface area contributed by atoms with Crippen LogP contribution in [-0.4, -0.2) is 15.1 Å². The predicted octanol–water partition coefficient (Wildman–Crippen LogP) is 3.48. The van der Waals surface area contributed by atoms with Crippen LogP contribution < -0.4 is 4.74 Å². The minimum absolute atomic E-state index is 0.445. The highest BCUT2D eigenvalue weighted by molar-refractivity contribution is 5.79. The van der Waals surface area contributed by atoms with Crippen LogP contribution in [0.15, 0.2) is 54.9 Å². The lowest BCUT2D eigenvalue weighted by Crippen LogP contribution is -1.94. The molecule has 1 aromatic carbocycles. The Morgan fingerprint density at radius 2 is 1.95 bits per heavy atom. The number of hydrogen-bond acceptors (Lipinski definition) is 4. The zero-order valence-electron chi connectivity index (χ0n) is 11.0. The molecule has 0 fully saturated rings. The molecule has 4 heteroatoms. The van der Waals surface area contributed by atoms with Gasteiger partial charge >= 0.3 is 0 Å². The molecule has 0 spiro atoms. The highest BCUT2D eigenvalue weighted by Crippen LogP contribution is 2.24. The molecule has 0 bridgehead atoms. The van der Waals surface area contributed by atoms with Crippen LogP contribution in [0.5, 0.6) is 11.6 Å². The van der Waals surface area contributed by atoms with Gasteiger partial charge in [-0.15, -0.1) is 0 Å². The fraction of sp³-hybridized carbons (Fsp3) is 0.125. The van der Waals surface area contributed by atoms with Crippen LogP contribution in [0.3, 0.4) is 0 Å². The lowest BCUT2D eigenvalue weighted by atomic mass is 10.2. The molecule has 1 unspecified atom stereocenters. The molecule has 100 valence electrons. The molecule has 3 aromatic rings. The smallest absolute Gasteiger partial charge is 0.219 e. The Morgan fingerprint density at radius 3 is 2.80 bits per heavy atom. The summed E-state index contributed by atoms with van der Waals surface area (Å²) >= 11 is 0. The number of aliphatic hydroxyl groups is 1. The van der Waals surface area contributed by atoms with Gasteiger partial charge in [0.25, 0.3) is 0 Å². The molecular weight excluding hydrogens is 252 g/mol. The molecule has 3 rings (SSSR count). The lowest BCUT2D eigenvalue weighted by Gasteiger charge is -2.08. The second-order valence-corrected chi connectivity index (χ2v) is 4.57. The van der Waals surface area contributed by atoms with Gasteiger partial charge in [0, 0.05) is 17.6 Å². The van der Waals surface area contributed by atoms with E-state index in [2.05, 4.69) is 9.97 Å². The SMILES string of the molecule is CC(O)c1ccnc(Oc2cnc3ccccc3c2)c1. The topological polar surface area (TPSA) is 55.2 Å². The van der Waals surface area contributed by atoms with Gasteiger partial charge in [0.1, 0.15) is 5.75 Å². The van der Waals surface area contributed by atoms with Crippen molar-refractivity contribution in [2.24, 2.45) is 0 Å². The molecule has 0 aliphatic carbocycles. The number of rotatable bonds is 3. The van der Waals surface area contributed by atoms with E-state index in [0.29, 0.717) is 11.6 Å². The molecule has 0 aliphatic rings. The summed E-state index contributed by atoms with van der Waals surface area (Å²) in [5.41, 5.74) is 1.69. The summed E-state index contributed by atoms with van der Waals surface area (Å²) in [6, 6.07) is 13.2. The molecular formula is C16H14N2O2. The summed E-state index contributed by atoms with van der Waals surface area (Å²) in [7, 11) is 0. The number of benzene rings is 1. The number of pyridine rings is 2. The Morgan fingerprint density at radius 1 is 1.10 bits per heavy atom. The number of nitrogens with zero attached hydrogens (tertiary/aromatic N) is 2. The number of hydrogen-bond donors (Lipinski definition) is 1. The molecule has 0 amide bonds. The maximum absolute atomic E-state index is 9.56. The van der Waals surface area contributed by atoms with Gasteiger partial charge in [-0.3, -0.25) is 4.98 Å². The van der Waals surface area contributed by atoms with Crippen molar-refractivity contribution in [1.29, 1.82) is 0 Å². The van der Waals surface area contributed by atoms with Gasteiger partial charge in [-0.1, -0.05) is 18.2 Å². The summed E-state index contributed by atoms with van der Waals surface area (Å²) in [5, 5.41) is 10.6. The first-order valence-electron chi connectivity index (χ1n) is 6.39. The van der Waals surface area contributed by atoms with E-state index in [4.69, 9.17) is 4.74 Å². The zero-order valence-corrected chi connectivity index (χ0v) is 11.0. The van der Waals surface area contributed by atoms with Gasteiger partial charge in [-0.2, -0.15) is 0 Å². The largest absolute Gasteiger partial charge is 0.437 e. The average Bonchev–Trinajstić information content (AvgIpc) is 2.47. The normalized spacial score (nSPS) is 12.3. The maximum Gasteiger partial charge on any atom is 0.219 e. The Hall–Kier alpha value is -2.46. The fourth-order valence-corrected chi connectivity index (χ4v) is 1.97. The van der Waals surface area contributed by atoms with Crippen LogP contribution in [-0.2, 0) is 0 Å². The minimum Gasteiger partial charge on any atom is -0.437 e. The van der Waals surface area contributed by atoms with Gasteiger partial charge in [-0.25, -0.2) is 4.98 Å². The first-order chi connectivity index (χ1) is 9.72. The predicted molar refractivity (Wildman–Crippen MR) is 76.7 cm³/mol. The quantitative estimate of drug-likeness (QED) is 0.788. The van der Waals surface area contributed by atoms with Crippen LogP contribution in [0.1, 0.15) is 18.6 Å². The van der Waals surface area contributed by atoms with E-state index >= 15 is 0 Å². The van der Waals surface area contributed by atoms with E-state index in [1.165, 1.54) is 0 Å². The number of para-hydroxylation sites is 1. The minimum atomic E-state index is -0.546. The molecule has 1 N–H and O–H groups in total. The number of aliphatic hydroxyl groups excluding tert-OH is 1. The summed E-state index contributed by atoms with van der Waals surface area (Å²) in [6.45, 7) is 1.71. The Labute approximate surface area is 116 Å². The number of aromatic nitrogens is 2. The fourth-order valence-electron chi connectivity index (χ4n) is 1.97. The van der Waals surface area contributed by atoms with Gasteiger partial charge in [-0.05, 0) is 30.7 Å². The van der Waals surface area contributed by atoms with Crippen molar-refractivity contribution in [1.82, 2.24) is 9.97 Å². The van der Waals surface area contributed by atoms with Crippen molar-refractivity contribution in [2.45, 2.75) is 13.0 Å². The van der Waals surface area contributed by atoms with Crippen LogP contribution in [0, 0.1) is 0 Å². The van der Waals surface area contributed by atoms with E-state index in [1.807, 2.05) is 30.3 Å². The molecule has 1 atom stereocenters. The molecule has 0 saturated heterocycles. The Bertz CT molecular complexity index is 741. The summed E-state index contributed by atoms with van der Waals surface area (Å²) in [6.07, 6.45) is 2.74. The maximum atomic E-state index is 9.56.